The largest absolute Gasteiger partial charge is 0.494 e. The highest BCUT2D eigenvalue weighted by Gasteiger charge is 2.45. The molecular formula is C69H83N5O12. The third kappa shape index (κ3) is 21.8. The molecule has 5 amide bonds. The second-order valence-corrected chi connectivity index (χ2v) is 21.5. The van der Waals surface area contributed by atoms with Crippen LogP contribution >= 0.6 is 0 Å². The quantitative estimate of drug-likeness (QED) is 0.0216. The van der Waals surface area contributed by atoms with Gasteiger partial charge in [0.15, 0.2) is 0 Å². The number of ether oxygens (including phenoxy) is 6. The second kappa shape index (κ2) is 35.7. The minimum Gasteiger partial charge on any atom is -0.494 e. The number of amides is 5. The first-order chi connectivity index (χ1) is 42.0. The van der Waals surface area contributed by atoms with Gasteiger partial charge in [0.2, 0.25) is 17.7 Å². The van der Waals surface area contributed by atoms with E-state index in [2.05, 4.69) is 28.2 Å². The number of methoxy groups -OCH3 is 1. The van der Waals surface area contributed by atoms with Crippen LogP contribution in [0.25, 0.3) is 0 Å². The first-order valence-corrected chi connectivity index (χ1v) is 30.0. The van der Waals surface area contributed by atoms with Crippen LogP contribution in [0.15, 0.2) is 170 Å². The Labute approximate surface area is 505 Å². The fraction of sp³-hybridized carbons (Fsp3) is 0.391. The summed E-state index contributed by atoms with van der Waals surface area (Å²) in [7, 11) is 1.25. The van der Waals surface area contributed by atoms with Crippen LogP contribution < -0.4 is 30.7 Å². The average molecular weight is 1170 g/mol. The van der Waals surface area contributed by atoms with Crippen molar-refractivity contribution in [2.24, 2.45) is 0 Å². The number of benzene rings is 6. The Morgan fingerprint density at radius 3 is 1.77 bits per heavy atom. The Balaban J connectivity index is 1.09. The van der Waals surface area contributed by atoms with Crippen LogP contribution in [0.4, 0.5) is 4.79 Å². The number of nitrogens with zero attached hydrogens (tertiary/aromatic N) is 1. The number of esters is 1. The van der Waals surface area contributed by atoms with Gasteiger partial charge in [-0.2, -0.15) is 0 Å². The lowest BCUT2D eigenvalue weighted by molar-refractivity contribution is -0.148. The van der Waals surface area contributed by atoms with Crippen molar-refractivity contribution in [2.45, 2.75) is 147 Å². The van der Waals surface area contributed by atoms with Crippen LogP contribution in [0.2, 0.25) is 0 Å². The fourth-order valence-corrected chi connectivity index (χ4v) is 9.93. The number of rotatable bonds is 35. The van der Waals surface area contributed by atoms with Gasteiger partial charge in [0.1, 0.15) is 48.9 Å². The van der Waals surface area contributed by atoms with E-state index >= 15 is 4.79 Å². The van der Waals surface area contributed by atoms with E-state index in [1.54, 1.807) is 31.2 Å². The van der Waals surface area contributed by atoms with Crippen LogP contribution in [0, 0.1) is 0 Å². The maximum Gasteiger partial charge on any atom is 0.407 e. The molecule has 0 saturated carbocycles. The lowest BCUT2D eigenvalue weighted by atomic mass is 10.0. The summed E-state index contributed by atoms with van der Waals surface area (Å²) in [5.41, 5.74) is 4.70. The van der Waals surface area contributed by atoms with Crippen LogP contribution in [-0.2, 0) is 71.0 Å². The number of hydrogen-bond acceptors (Lipinski definition) is 12. The van der Waals surface area contributed by atoms with Gasteiger partial charge in [-0.3, -0.25) is 19.2 Å². The molecule has 1 heterocycles. The zero-order valence-electron chi connectivity index (χ0n) is 49.7. The monoisotopic (exact) mass is 1170 g/mol. The van der Waals surface area contributed by atoms with Gasteiger partial charge in [0.25, 0.3) is 5.91 Å². The number of carbonyl (C=O) groups excluding carboxylic acids is 6. The predicted molar refractivity (Wildman–Crippen MR) is 328 cm³/mol. The number of aryl methyl sites for hydroxylation is 1. The van der Waals surface area contributed by atoms with E-state index in [1.165, 1.54) is 31.3 Å². The number of likely N-dealkylation sites (tertiary alicyclic amines) is 1. The Hall–Kier alpha value is -8.54. The van der Waals surface area contributed by atoms with Crippen molar-refractivity contribution in [1.29, 1.82) is 0 Å². The van der Waals surface area contributed by atoms with Gasteiger partial charge in [0.05, 0.1) is 39.1 Å². The molecule has 0 unspecified atom stereocenters. The molecule has 4 N–H and O–H groups in total. The lowest BCUT2D eigenvalue weighted by Crippen LogP contribution is -2.60. The van der Waals surface area contributed by atoms with E-state index < -0.39 is 72.1 Å². The summed E-state index contributed by atoms with van der Waals surface area (Å²) >= 11 is 0. The van der Waals surface area contributed by atoms with Crippen molar-refractivity contribution in [1.82, 2.24) is 26.2 Å². The van der Waals surface area contributed by atoms with Gasteiger partial charge in [-0.15, -0.1) is 0 Å². The molecule has 17 nitrogen and oxygen atoms in total. The SMILES string of the molecule is CCCCCCCCOc1ccc(C(=O)N[C@@H](CCCNC(=O)OCc2ccccc2)C(=O)N[C@H](C(=O)N2C[C@H](OCc3ccccc3)C[C@H]2C(=O)N[C@@H](CCc2ccc(OCc3ccccc3)cc2)C(=O)OC)[C@@H](C)OCc2ccccc2)cc1. The molecule has 0 bridgehead atoms. The van der Waals surface area contributed by atoms with E-state index in [0.717, 1.165) is 47.1 Å². The molecule has 456 valence electrons. The van der Waals surface area contributed by atoms with Crippen molar-refractivity contribution in [3.05, 3.63) is 203 Å². The molecule has 0 aromatic heterocycles. The number of alkyl carbamates (subject to hydrolysis) is 1. The maximum atomic E-state index is 15.5. The van der Waals surface area contributed by atoms with Gasteiger partial charge < -0.3 is 54.6 Å². The number of unbranched alkanes of at least 4 members (excludes halogenated alkanes) is 5. The van der Waals surface area contributed by atoms with E-state index in [-0.39, 0.29) is 64.2 Å². The Morgan fingerprint density at radius 2 is 1.14 bits per heavy atom. The summed E-state index contributed by atoms with van der Waals surface area (Å²) in [5.74, 6) is -1.92. The summed E-state index contributed by atoms with van der Waals surface area (Å²) in [6.07, 6.45) is 5.30. The van der Waals surface area contributed by atoms with E-state index in [9.17, 15) is 24.0 Å². The summed E-state index contributed by atoms with van der Waals surface area (Å²) in [6.45, 7) is 5.16. The molecule has 6 aromatic rings. The summed E-state index contributed by atoms with van der Waals surface area (Å²) in [5, 5.41) is 11.4. The number of nitrogens with one attached hydrogen (secondary N) is 4. The van der Waals surface area contributed by atoms with Crippen LogP contribution in [0.3, 0.4) is 0 Å². The van der Waals surface area contributed by atoms with Gasteiger partial charge in [-0.05, 0) is 103 Å². The van der Waals surface area contributed by atoms with Crippen LogP contribution in [-0.4, -0.2) is 104 Å². The molecule has 1 fully saturated rings. The summed E-state index contributed by atoms with van der Waals surface area (Å²) < 4.78 is 35.3. The van der Waals surface area contributed by atoms with Crippen molar-refractivity contribution in [3.63, 3.8) is 0 Å². The molecule has 6 aromatic carbocycles. The second-order valence-electron chi connectivity index (χ2n) is 21.5. The minimum atomic E-state index is -1.42. The van der Waals surface area contributed by atoms with E-state index in [4.69, 9.17) is 28.4 Å². The summed E-state index contributed by atoms with van der Waals surface area (Å²) in [4.78, 5) is 86.9. The van der Waals surface area contributed by atoms with E-state index in [0.29, 0.717) is 31.1 Å². The van der Waals surface area contributed by atoms with Crippen LogP contribution in [0.1, 0.15) is 116 Å². The molecule has 0 radical (unpaired) electrons. The van der Waals surface area contributed by atoms with Crippen LogP contribution in [0.5, 0.6) is 11.5 Å². The standard InChI is InChI=1S/C69H83N5O12/c1-4-5-6-7-8-21-43-82-57-39-35-56(36-40-57)64(75)71-60(31-22-42-70-69(80)86-49-55-29-19-12-20-30-55)65(76)73-63(50(2)83-46-52-23-13-9-14-24-52)67(78)74-45-59(85-48-54-27-17-11-18-28-54)44-62(74)66(77)72-61(68(79)81-3)41-34-51-32-37-58(38-33-51)84-47-53-25-15-10-16-26-53/h9-20,23-30,32-33,35-40,50,59-63H,4-8,21-22,31,34,41-49H2,1-3H3,(H,70,80)(H,71,75)(H,72,77)(H,73,76)/t50-,59-,60+,61+,62+,63+/m1/s1. The third-order valence-corrected chi connectivity index (χ3v) is 14.9. The Bertz CT molecular complexity index is 2990. The summed E-state index contributed by atoms with van der Waals surface area (Å²) in [6, 6.07) is 47.2. The highest BCUT2D eigenvalue weighted by Crippen LogP contribution is 2.26. The first kappa shape index (κ1) is 65.0. The number of carbonyl (C=O) groups is 6. The molecule has 7 rings (SSSR count). The minimum absolute atomic E-state index is 0.0292. The fourth-order valence-electron chi connectivity index (χ4n) is 9.93. The van der Waals surface area contributed by atoms with Gasteiger partial charge in [-0.1, -0.05) is 172 Å². The normalized spacial score (nSPS) is 15.0. The highest BCUT2D eigenvalue weighted by atomic mass is 16.5. The lowest BCUT2D eigenvalue weighted by Gasteiger charge is -2.33. The van der Waals surface area contributed by atoms with Crippen molar-refractivity contribution in [2.75, 3.05) is 26.8 Å². The van der Waals surface area contributed by atoms with Gasteiger partial charge in [0, 0.05) is 25.1 Å². The predicted octanol–water partition coefficient (Wildman–Crippen LogP) is 10.4. The van der Waals surface area contributed by atoms with Gasteiger partial charge >= 0.3 is 12.1 Å². The van der Waals surface area contributed by atoms with Crippen molar-refractivity contribution in [3.8, 4) is 11.5 Å². The Morgan fingerprint density at radius 1 is 0.570 bits per heavy atom. The molecule has 1 aliphatic heterocycles. The average Bonchev–Trinajstić information content (AvgIpc) is 4.18. The Kier molecular flexibility index (Phi) is 27.0. The van der Waals surface area contributed by atoms with Gasteiger partial charge in [-0.25, -0.2) is 9.59 Å². The zero-order valence-corrected chi connectivity index (χ0v) is 49.7. The first-order valence-electron chi connectivity index (χ1n) is 30.0. The molecule has 6 atom stereocenters. The zero-order chi connectivity index (χ0) is 60.7. The smallest absolute Gasteiger partial charge is 0.407 e. The molecule has 0 spiro atoms. The molecule has 1 aliphatic rings. The molecule has 86 heavy (non-hydrogen) atoms. The third-order valence-electron chi connectivity index (χ3n) is 14.9. The molecule has 17 heteroatoms. The number of hydrogen-bond donors (Lipinski definition) is 4. The topological polar surface area (TPSA) is 209 Å². The van der Waals surface area contributed by atoms with E-state index in [1.807, 2.05) is 146 Å². The molecular weight excluding hydrogens is 1090 g/mol. The highest BCUT2D eigenvalue weighted by molar-refractivity contribution is 5.99. The van der Waals surface area contributed by atoms with Crippen molar-refractivity contribution >= 4 is 35.7 Å². The molecule has 0 aliphatic carbocycles. The maximum absolute atomic E-state index is 15.5. The van der Waals surface area contributed by atoms with Crippen molar-refractivity contribution < 1.29 is 57.2 Å². The molecule has 1 saturated heterocycles.